The molecule has 454 valence electrons. The summed E-state index contributed by atoms with van der Waals surface area (Å²) in [5.74, 6) is -5.67. The van der Waals surface area contributed by atoms with E-state index in [1.54, 1.807) is 65.0 Å². The number of amides is 6. The minimum Gasteiger partial charge on any atom is -0.480 e. The molecular weight excluding hydrogens is 1100 g/mol. The topological polar surface area (TPSA) is 230 Å². The van der Waals surface area contributed by atoms with E-state index in [1.807, 2.05) is 95.5 Å². The molecule has 3 aromatic rings. The van der Waals surface area contributed by atoms with Gasteiger partial charge in [-0.1, -0.05) is 125 Å². The van der Waals surface area contributed by atoms with Crippen LogP contribution in [0.2, 0.25) is 5.02 Å². The van der Waals surface area contributed by atoms with Gasteiger partial charge < -0.3 is 50.0 Å². The number of thioether (sulfide) groups is 1. The Labute approximate surface area is 499 Å². The number of nitrogens with zero attached hydrogens (tertiary/aromatic N) is 3. The Kier molecular flexibility index (Phi) is 26.4. The van der Waals surface area contributed by atoms with Gasteiger partial charge in [0.05, 0.1) is 18.6 Å². The molecule has 3 aromatic carbocycles. The third kappa shape index (κ3) is 18.9. The van der Waals surface area contributed by atoms with Crippen LogP contribution in [0.3, 0.4) is 0 Å². The summed E-state index contributed by atoms with van der Waals surface area (Å²) < 4.78 is 18.4. The maximum absolute atomic E-state index is 14.3. The molecular formula is C63H87ClN6O12S. The number of carbonyl (C=O) groups is 8. The monoisotopic (exact) mass is 1190 g/mol. The second kappa shape index (κ2) is 31.8. The van der Waals surface area contributed by atoms with Crippen LogP contribution in [0, 0.1) is 17.8 Å². The van der Waals surface area contributed by atoms with Crippen molar-refractivity contribution >= 4 is 70.9 Å². The fraction of sp³-hybridized carbons (Fsp3) is 0.524. The maximum Gasteiger partial charge on any atom is 0.408 e. The van der Waals surface area contributed by atoms with E-state index in [4.69, 9.17) is 25.8 Å². The van der Waals surface area contributed by atoms with Gasteiger partial charge in [0.1, 0.15) is 42.4 Å². The first kappa shape index (κ1) is 68.8. The second-order valence-corrected chi connectivity index (χ2v) is 23.8. The van der Waals surface area contributed by atoms with Gasteiger partial charge in [-0.15, -0.1) is 11.8 Å². The van der Waals surface area contributed by atoms with Crippen molar-refractivity contribution in [2.24, 2.45) is 17.8 Å². The van der Waals surface area contributed by atoms with E-state index in [-0.39, 0.29) is 43.6 Å². The fourth-order valence-electron chi connectivity index (χ4n) is 9.97. The van der Waals surface area contributed by atoms with E-state index in [0.717, 1.165) is 32.7 Å². The first-order valence-electron chi connectivity index (χ1n) is 28.2. The van der Waals surface area contributed by atoms with Gasteiger partial charge >= 0.3 is 18.0 Å². The predicted octanol–water partition coefficient (Wildman–Crippen LogP) is 9.03. The van der Waals surface area contributed by atoms with Crippen LogP contribution in [0.15, 0.2) is 96.1 Å². The molecule has 0 aliphatic heterocycles. The van der Waals surface area contributed by atoms with Crippen molar-refractivity contribution in [3.63, 3.8) is 0 Å². The fourth-order valence-corrected chi connectivity index (χ4v) is 10.4. The number of fused-ring (bicyclic) bond motifs is 3. The molecule has 0 aromatic heterocycles. The number of carbonyl (C=O) groups excluding carboxylic acids is 7. The summed E-state index contributed by atoms with van der Waals surface area (Å²) in [6, 6.07) is 18.2. The quantitative estimate of drug-likeness (QED) is 0.0212. The van der Waals surface area contributed by atoms with E-state index in [1.165, 1.54) is 49.6 Å². The molecule has 0 saturated heterocycles. The molecule has 8 atom stereocenters. The number of rotatable bonds is 30. The Bertz CT molecular complexity index is 2780. The van der Waals surface area contributed by atoms with Crippen molar-refractivity contribution in [2.45, 2.75) is 150 Å². The number of carboxylic acid groups (broad SMARTS) is 1. The number of nitrogens with one attached hydrogen (secondary N) is 3. The van der Waals surface area contributed by atoms with Gasteiger partial charge in [0, 0.05) is 50.0 Å². The third-order valence-electron chi connectivity index (χ3n) is 15.4. The van der Waals surface area contributed by atoms with Crippen LogP contribution in [0.4, 0.5) is 4.79 Å². The van der Waals surface area contributed by atoms with Gasteiger partial charge in [-0.05, 0) is 118 Å². The largest absolute Gasteiger partial charge is 0.480 e. The number of hydrogen-bond acceptors (Lipinski definition) is 12. The zero-order valence-electron chi connectivity index (χ0n) is 50.9. The van der Waals surface area contributed by atoms with Crippen LogP contribution >= 0.6 is 23.4 Å². The summed E-state index contributed by atoms with van der Waals surface area (Å²) in [4.78, 5) is 113. The predicted molar refractivity (Wildman–Crippen MR) is 324 cm³/mol. The number of benzene rings is 3. The Hall–Kier alpha value is -6.70. The van der Waals surface area contributed by atoms with E-state index in [2.05, 4.69) is 16.0 Å². The molecule has 0 spiro atoms. The van der Waals surface area contributed by atoms with Gasteiger partial charge in [0.2, 0.25) is 29.5 Å². The van der Waals surface area contributed by atoms with Crippen LogP contribution in [-0.2, 0) is 54.2 Å². The molecule has 0 heterocycles. The molecule has 1 aliphatic carbocycles. The van der Waals surface area contributed by atoms with Gasteiger partial charge in [0.15, 0.2) is 0 Å². The van der Waals surface area contributed by atoms with Crippen LogP contribution in [-0.4, -0.2) is 156 Å². The highest BCUT2D eigenvalue weighted by atomic mass is 35.5. The third-order valence-corrected chi connectivity index (χ3v) is 16.0. The van der Waals surface area contributed by atoms with E-state index >= 15 is 0 Å². The molecule has 0 radical (unpaired) electrons. The molecule has 4 N–H and O–H groups in total. The number of carboxylic acids is 1. The number of ether oxygens (including phenoxy) is 3. The summed E-state index contributed by atoms with van der Waals surface area (Å²) in [6.07, 6.45) is 4.26. The maximum atomic E-state index is 14.3. The first-order valence-corrected chi connectivity index (χ1v) is 30.0. The van der Waals surface area contributed by atoms with Crippen molar-refractivity contribution < 1.29 is 57.7 Å². The van der Waals surface area contributed by atoms with Crippen LogP contribution in [0.5, 0.6) is 0 Å². The Balaban J connectivity index is 1.47. The summed E-state index contributed by atoms with van der Waals surface area (Å²) in [6.45, 7) is 18.7. The van der Waals surface area contributed by atoms with Crippen molar-refractivity contribution in [1.82, 2.24) is 30.7 Å². The van der Waals surface area contributed by atoms with Gasteiger partial charge in [-0.25, -0.2) is 14.4 Å². The average molecular weight is 1190 g/mol. The molecule has 8 unspecified atom stereocenters. The van der Waals surface area contributed by atoms with Crippen molar-refractivity contribution in [3.05, 3.63) is 118 Å². The lowest BCUT2D eigenvalue weighted by Gasteiger charge is -2.34. The van der Waals surface area contributed by atoms with Gasteiger partial charge in [-0.3, -0.25) is 24.0 Å². The molecule has 4 rings (SSSR count). The Morgan fingerprint density at radius 2 is 1.41 bits per heavy atom. The highest BCUT2D eigenvalue weighted by molar-refractivity contribution is 7.98. The van der Waals surface area contributed by atoms with Gasteiger partial charge in [0.25, 0.3) is 0 Å². The van der Waals surface area contributed by atoms with E-state index < -0.39 is 102 Å². The number of alkyl carbamates (subject to hydrolysis) is 1. The minimum atomic E-state index is -1.50. The van der Waals surface area contributed by atoms with E-state index in [0.29, 0.717) is 28.5 Å². The van der Waals surface area contributed by atoms with Crippen LogP contribution < -0.4 is 16.0 Å². The summed E-state index contributed by atoms with van der Waals surface area (Å²) in [7, 11) is 4.33. The highest BCUT2D eigenvalue weighted by Crippen LogP contribution is 2.44. The number of esters is 1. The average Bonchev–Trinajstić information content (AvgIpc) is 2.57. The SMILES string of the molecule is C/C=C(\C)C(OC(=O)C(C)(C)NC(=O)OCC1c2ccccc2-c2ccccc21)C(C)C(C/C=C(\C)C(=O)N(C)C(CC(C)C)C(=O)NC(C)C(=O)N(C)C(Cc1ccc(Cl)cc1)C(=O)N(C)CC(=O)NC(C(=O)O)C(C)CC)OCSC. The summed E-state index contributed by atoms with van der Waals surface area (Å²) >= 11 is 7.61. The number of hydrogen-bond donors (Lipinski definition) is 4. The van der Waals surface area contributed by atoms with Gasteiger partial charge in [-0.2, -0.15) is 0 Å². The molecule has 1 aliphatic rings. The first-order chi connectivity index (χ1) is 39.1. The smallest absolute Gasteiger partial charge is 0.408 e. The highest BCUT2D eigenvalue weighted by Gasteiger charge is 2.40. The number of aliphatic carboxylic acids is 1. The molecule has 20 heteroatoms. The summed E-state index contributed by atoms with van der Waals surface area (Å²) in [5.41, 5.74) is 4.49. The van der Waals surface area contributed by atoms with Crippen LogP contribution in [0.1, 0.15) is 118 Å². The Morgan fingerprint density at radius 1 is 0.819 bits per heavy atom. The molecule has 6 amide bonds. The van der Waals surface area contributed by atoms with Crippen molar-refractivity contribution in [1.29, 1.82) is 0 Å². The normalized spacial score (nSPS) is 15.4. The Morgan fingerprint density at radius 3 is 1.95 bits per heavy atom. The van der Waals surface area contributed by atoms with Crippen LogP contribution in [0.25, 0.3) is 11.1 Å². The minimum absolute atomic E-state index is 0.0123. The molecule has 83 heavy (non-hydrogen) atoms. The van der Waals surface area contributed by atoms with Crippen molar-refractivity contribution in [3.8, 4) is 11.1 Å². The number of allylic oxidation sites excluding steroid dienone is 1. The summed E-state index contributed by atoms with van der Waals surface area (Å²) in [5, 5.41) is 18.2. The van der Waals surface area contributed by atoms with E-state index in [9.17, 15) is 43.5 Å². The number of likely N-dealkylation sites (N-methyl/N-ethyl adjacent to an activating group) is 3. The lowest BCUT2D eigenvalue weighted by atomic mass is 9.90. The molecule has 0 bridgehead atoms. The molecule has 18 nitrogen and oxygen atoms in total. The standard InChI is InChI=1S/C63H87ClN6O12S/c1-16-38(5)54(60(76)77)66-53(71)34-68(12)59(75)51(33-43-27-29-44(64)30-28-43)70(14)58(74)42(9)65-56(72)50(32-37(3)4)69(13)57(73)40(7)26-31-52(81-36-83-15)41(8)55(39(6)17-2)82-61(78)63(10,11)67-62(79)80-35-49-47-24-20-18-22-45(47)46-23-19-21-25-48(46)49/h17-30,37-38,41-42,49-52,54-55H,16,31-36H2,1-15H3,(H,65,72)(H,66,71)(H,67,79)(H,76,77)/b39-17+,40-26+. The zero-order valence-corrected chi connectivity index (χ0v) is 52.4. The number of halogens is 1. The second-order valence-electron chi connectivity index (χ2n) is 22.6. The zero-order chi connectivity index (χ0) is 62.0. The molecule has 0 saturated carbocycles. The molecule has 0 fully saturated rings. The lowest BCUT2D eigenvalue weighted by molar-refractivity contribution is -0.158. The lowest BCUT2D eigenvalue weighted by Crippen LogP contribution is -2.57. The van der Waals surface area contributed by atoms with Crippen molar-refractivity contribution in [2.75, 3.05) is 46.5 Å².